The number of para-hydroxylation sites is 1. The van der Waals surface area contributed by atoms with Gasteiger partial charge in [0.1, 0.15) is 6.54 Å². The van der Waals surface area contributed by atoms with Crippen LogP contribution in [0.2, 0.25) is 0 Å². The summed E-state index contributed by atoms with van der Waals surface area (Å²) in [7, 11) is 0. The molecule has 1 N–H and O–H groups in total. The highest BCUT2D eigenvalue weighted by atomic mass is 16.4. The first-order valence-electron chi connectivity index (χ1n) is 8.47. The van der Waals surface area contributed by atoms with Crippen LogP contribution in [0.4, 0.5) is 5.69 Å². The average Bonchev–Trinajstić information content (AvgIpc) is 3.19. The molecule has 1 aliphatic rings. The highest BCUT2D eigenvalue weighted by Crippen LogP contribution is 2.30. The minimum Gasteiger partial charge on any atom is -0.480 e. The van der Waals surface area contributed by atoms with Gasteiger partial charge < -0.3 is 19.3 Å². The maximum atomic E-state index is 12.7. The lowest BCUT2D eigenvalue weighted by Crippen LogP contribution is -2.37. The Labute approximate surface area is 150 Å². The molecular formula is C19H20N2O5. The number of carbonyl (C=O) groups excluding carboxylic acids is 2. The van der Waals surface area contributed by atoms with E-state index in [1.807, 2.05) is 31.2 Å². The topological polar surface area (TPSA) is 91.1 Å². The zero-order valence-corrected chi connectivity index (χ0v) is 14.5. The molecule has 0 saturated heterocycles. The molecule has 0 fully saturated rings. The minimum atomic E-state index is -1.08. The Kier molecular flexibility index (Phi) is 5.06. The molecule has 7 nitrogen and oxygen atoms in total. The third-order valence-corrected chi connectivity index (χ3v) is 4.30. The molecule has 3 rings (SSSR count). The Morgan fingerprint density at radius 3 is 2.77 bits per heavy atom. The fourth-order valence-corrected chi connectivity index (χ4v) is 3.14. The van der Waals surface area contributed by atoms with Crippen molar-refractivity contribution in [2.75, 3.05) is 18.0 Å². The molecule has 2 heterocycles. The summed E-state index contributed by atoms with van der Waals surface area (Å²) >= 11 is 0. The van der Waals surface area contributed by atoms with E-state index in [2.05, 4.69) is 0 Å². The Balaban J connectivity index is 1.84. The number of nitrogens with zero attached hydrogens (tertiary/aromatic N) is 2. The molecule has 0 spiro atoms. The zero-order chi connectivity index (χ0) is 18.7. The van der Waals surface area contributed by atoms with E-state index in [0.717, 1.165) is 11.3 Å². The third kappa shape index (κ3) is 3.46. The molecule has 2 aromatic rings. The number of benzene rings is 1. The largest absolute Gasteiger partial charge is 0.480 e. The second kappa shape index (κ2) is 7.43. The van der Waals surface area contributed by atoms with Crippen LogP contribution in [0.15, 0.2) is 41.0 Å². The van der Waals surface area contributed by atoms with Crippen molar-refractivity contribution in [3.8, 4) is 0 Å². The number of fused-ring (bicyclic) bond motifs is 1. The van der Waals surface area contributed by atoms with E-state index in [-0.39, 0.29) is 18.2 Å². The number of rotatable bonds is 7. The van der Waals surface area contributed by atoms with Gasteiger partial charge in [-0.3, -0.25) is 14.4 Å². The predicted molar refractivity (Wildman–Crippen MR) is 93.9 cm³/mol. The SMILES string of the molecule is CCCN(CC(=O)O)C(=O)c1occc1CN1C(=O)Cc2ccccc21. The summed E-state index contributed by atoms with van der Waals surface area (Å²) in [5.41, 5.74) is 2.34. The van der Waals surface area contributed by atoms with E-state index in [0.29, 0.717) is 24.9 Å². The average molecular weight is 356 g/mol. The predicted octanol–water partition coefficient (Wildman–Crippen LogP) is 2.31. The van der Waals surface area contributed by atoms with Gasteiger partial charge in [-0.05, 0) is 24.1 Å². The standard InChI is InChI=1S/C19H20N2O5/c1-2-8-20(12-17(23)24)19(25)18-14(7-9-26-18)11-21-15-6-4-3-5-13(15)10-16(21)22/h3-7,9H,2,8,10-12H2,1H3,(H,23,24). The first-order valence-corrected chi connectivity index (χ1v) is 8.47. The van der Waals surface area contributed by atoms with Gasteiger partial charge in [0.25, 0.3) is 5.91 Å². The van der Waals surface area contributed by atoms with Crippen LogP contribution in [0.1, 0.15) is 35.0 Å². The molecule has 136 valence electrons. The van der Waals surface area contributed by atoms with Gasteiger partial charge in [-0.25, -0.2) is 0 Å². The van der Waals surface area contributed by atoms with Gasteiger partial charge in [0.15, 0.2) is 5.76 Å². The first-order chi connectivity index (χ1) is 12.5. The first kappa shape index (κ1) is 17.7. The van der Waals surface area contributed by atoms with Gasteiger partial charge in [-0.2, -0.15) is 0 Å². The monoisotopic (exact) mass is 356 g/mol. The number of carbonyl (C=O) groups is 3. The van der Waals surface area contributed by atoms with Crippen LogP contribution in [0, 0.1) is 0 Å². The third-order valence-electron chi connectivity index (χ3n) is 4.30. The summed E-state index contributed by atoms with van der Waals surface area (Å²) < 4.78 is 5.35. The van der Waals surface area contributed by atoms with Gasteiger partial charge in [0.2, 0.25) is 5.91 Å². The number of carboxylic acid groups (broad SMARTS) is 1. The van der Waals surface area contributed by atoms with Gasteiger partial charge in [0.05, 0.1) is 19.2 Å². The maximum Gasteiger partial charge on any atom is 0.323 e. The Hall–Kier alpha value is -3.09. The van der Waals surface area contributed by atoms with Crippen molar-refractivity contribution in [2.45, 2.75) is 26.3 Å². The van der Waals surface area contributed by atoms with Crippen molar-refractivity contribution >= 4 is 23.5 Å². The normalized spacial score (nSPS) is 13.0. The number of furan rings is 1. The molecule has 1 aliphatic heterocycles. The molecule has 0 saturated carbocycles. The molecule has 0 atom stereocenters. The van der Waals surface area contributed by atoms with Crippen LogP contribution in [0.5, 0.6) is 0 Å². The molecule has 1 aromatic heterocycles. The summed E-state index contributed by atoms with van der Waals surface area (Å²) in [4.78, 5) is 39.0. The van der Waals surface area contributed by atoms with Crippen molar-refractivity contribution < 1.29 is 23.9 Å². The molecule has 0 aliphatic carbocycles. The number of amides is 2. The highest BCUT2D eigenvalue weighted by molar-refractivity contribution is 6.02. The Morgan fingerprint density at radius 1 is 1.27 bits per heavy atom. The molecule has 7 heteroatoms. The van der Waals surface area contributed by atoms with E-state index >= 15 is 0 Å². The van der Waals surface area contributed by atoms with Gasteiger partial charge in [-0.1, -0.05) is 25.1 Å². The number of anilines is 1. The fourth-order valence-electron chi connectivity index (χ4n) is 3.14. The lowest BCUT2D eigenvalue weighted by Gasteiger charge is -2.21. The second-order valence-corrected chi connectivity index (χ2v) is 6.18. The van der Waals surface area contributed by atoms with E-state index in [9.17, 15) is 14.4 Å². The van der Waals surface area contributed by atoms with Crippen LogP contribution in [-0.4, -0.2) is 40.9 Å². The fraction of sp³-hybridized carbons (Fsp3) is 0.316. The summed E-state index contributed by atoms with van der Waals surface area (Å²) in [5, 5.41) is 9.02. The molecule has 0 bridgehead atoms. The van der Waals surface area contributed by atoms with Gasteiger partial charge in [0, 0.05) is 17.8 Å². The van der Waals surface area contributed by atoms with Crippen molar-refractivity contribution in [3.63, 3.8) is 0 Å². The van der Waals surface area contributed by atoms with Gasteiger partial charge in [-0.15, -0.1) is 0 Å². The van der Waals surface area contributed by atoms with Crippen LogP contribution in [0.25, 0.3) is 0 Å². The van der Waals surface area contributed by atoms with Crippen LogP contribution < -0.4 is 4.90 Å². The Morgan fingerprint density at radius 2 is 2.04 bits per heavy atom. The summed E-state index contributed by atoms with van der Waals surface area (Å²) in [6, 6.07) is 9.17. The van der Waals surface area contributed by atoms with Crippen molar-refractivity contribution in [3.05, 3.63) is 53.5 Å². The lowest BCUT2D eigenvalue weighted by atomic mass is 10.1. The van der Waals surface area contributed by atoms with Crippen molar-refractivity contribution in [1.29, 1.82) is 0 Å². The second-order valence-electron chi connectivity index (χ2n) is 6.18. The number of carboxylic acids is 1. The smallest absolute Gasteiger partial charge is 0.323 e. The van der Waals surface area contributed by atoms with E-state index < -0.39 is 18.4 Å². The van der Waals surface area contributed by atoms with Crippen molar-refractivity contribution in [1.82, 2.24) is 4.90 Å². The van der Waals surface area contributed by atoms with Crippen LogP contribution in [0.3, 0.4) is 0 Å². The van der Waals surface area contributed by atoms with Crippen LogP contribution >= 0.6 is 0 Å². The molecule has 2 amide bonds. The van der Waals surface area contributed by atoms with Crippen molar-refractivity contribution in [2.24, 2.45) is 0 Å². The molecular weight excluding hydrogens is 336 g/mol. The number of aliphatic carboxylic acids is 1. The van der Waals surface area contributed by atoms with E-state index in [1.165, 1.54) is 11.2 Å². The van der Waals surface area contributed by atoms with Gasteiger partial charge >= 0.3 is 5.97 Å². The highest BCUT2D eigenvalue weighted by Gasteiger charge is 2.30. The quantitative estimate of drug-likeness (QED) is 0.822. The lowest BCUT2D eigenvalue weighted by molar-refractivity contribution is -0.137. The Bertz CT molecular complexity index is 842. The summed E-state index contributed by atoms with van der Waals surface area (Å²) in [6.45, 7) is 2.00. The molecule has 26 heavy (non-hydrogen) atoms. The van der Waals surface area contributed by atoms with E-state index in [1.54, 1.807) is 11.0 Å². The molecule has 1 aromatic carbocycles. The molecule has 0 radical (unpaired) electrons. The minimum absolute atomic E-state index is 0.0400. The maximum absolute atomic E-state index is 12.7. The number of hydrogen-bond acceptors (Lipinski definition) is 4. The zero-order valence-electron chi connectivity index (χ0n) is 14.5. The summed E-state index contributed by atoms with van der Waals surface area (Å²) in [6.07, 6.45) is 2.35. The molecule has 0 unspecified atom stereocenters. The number of hydrogen-bond donors (Lipinski definition) is 1. The summed E-state index contributed by atoms with van der Waals surface area (Å²) in [5.74, 6) is -1.52. The van der Waals surface area contributed by atoms with E-state index in [4.69, 9.17) is 9.52 Å². The van der Waals surface area contributed by atoms with Crippen LogP contribution in [-0.2, 0) is 22.6 Å².